The molecule has 0 aliphatic heterocycles. The highest BCUT2D eigenvalue weighted by Crippen LogP contribution is 2.10. The van der Waals surface area contributed by atoms with Gasteiger partial charge in [0.2, 0.25) is 0 Å². The number of aryl methyl sites for hydroxylation is 1. The van der Waals surface area contributed by atoms with E-state index in [9.17, 15) is 9.18 Å². The van der Waals surface area contributed by atoms with Gasteiger partial charge in [-0.15, -0.1) is 0 Å². The van der Waals surface area contributed by atoms with Crippen molar-refractivity contribution < 1.29 is 13.9 Å². The van der Waals surface area contributed by atoms with Crippen molar-refractivity contribution in [1.82, 2.24) is 9.78 Å². The standard InChI is InChI=1S/C10H16FN3O2/c1-10(2,3)16-9(15)13-8-6-12-14(7-8)5-4-11/h6-7H,4-5H2,1-3H3,(H,13,15). The van der Waals surface area contributed by atoms with E-state index in [1.807, 2.05) is 0 Å². The summed E-state index contributed by atoms with van der Waals surface area (Å²) in [5.41, 5.74) is -0.0540. The normalized spacial score (nSPS) is 11.2. The third kappa shape index (κ3) is 4.29. The summed E-state index contributed by atoms with van der Waals surface area (Å²) in [7, 11) is 0. The number of halogens is 1. The van der Waals surface area contributed by atoms with Crippen LogP contribution >= 0.6 is 0 Å². The summed E-state index contributed by atoms with van der Waals surface area (Å²) in [5, 5.41) is 6.37. The van der Waals surface area contributed by atoms with Crippen LogP contribution < -0.4 is 5.32 Å². The van der Waals surface area contributed by atoms with Crippen LogP contribution in [-0.4, -0.2) is 28.1 Å². The number of alkyl halides is 1. The molecule has 1 aromatic heterocycles. The van der Waals surface area contributed by atoms with Gasteiger partial charge in [0.25, 0.3) is 0 Å². The van der Waals surface area contributed by atoms with Gasteiger partial charge in [0.05, 0.1) is 18.4 Å². The third-order valence-electron chi connectivity index (χ3n) is 1.59. The van der Waals surface area contributed by atoms with E-state index in [2.05, 4.69) is 10.4 Å². The SMILES string of the molecule is CC(C)(C)OC(=O)Nc1cnn(CCF)c1. The zero-order chi connectivity index (χ0) is 12.2. The average molecular weight is 229 g/mol. The number of aromatic nitrogens is 2. The van der Waals surface area contributed by atoms with Crippen LogP contribution in [0.2, 0.25) is 0 Å². The monoisotopic (exact) mass is 229 g/mol. The van der Waals surface area contributed by atoms with E-state index >= 15 is 0 Å². The molecule has 1 aromatic rings. The van der Waals surface area contributed by atoms with Gasteiger partial charge in [-0.2, -0.15) is 5.10 Å². The Labute approximate surface area is 93.6 Å². The molecule has 0 aliphatic carbocycles. The van der Waals surface area contributed by atoms with Crippen LogP contribution in [0.5, 0.6) is 0 Å². The summed E-state index contributed by atoms with van der Waals surface area (Å²) < 4.78 is 18.5. The first kappa shape index (κ1) is 12.5. The van der Waals surface area contributed by atoms with E-state index in [4.69, 9.17) is 4.74 Å². The van der Waals surface area contributed by atoms with Crippen molar-refractivity contribution in [2.24, 2.45) is 0 Å². The minimum Gasteiger partial charge on any atom is -0.444 e. The van der Waals surface area contributed by atoms with Crippen LogP contribution in [-0.2, 0) is 11.3 Å². The highest BCUT2D eigenvalue weighted by Gasteiger charge is 2.16. The van der Waals surface area contributed by atoms with Crippen LogP contribution in [0.3, 0.4) is 0 Å². The lowest BCUT2D eigenvalue weighted by Crippen LogP contribution is -2.27. The van der Waals surface area contributed by atoms with Gasteiger partial charge in [-0.3, -0.25) is 10.00 Å². The third-order valence-corrected chi connectivity index (χ3v) is 1.59. The molecular weight excluding hydrogens is 213 g/mol. The fourth-order valence-corrected chi connectivity index (χ4v) is 1.06. The van der Waals surface area contributed by atoms with E-state index in [-0.39, 0.29) is 6.54 Å². The summed E-state index contributed by atoms with van der Waals surface area (Å²) in [6.45, 7) is 5.01. The maximum atomic E-state index is 12.0. The lowest BCUT2D eigenvalue weighted by molar-refractivity contribution is 0.0636. The summed E-state index contributed by atoms with van der Waals surface area (Å²) >= 11 is 0. The van der Waals surface area contributed by atoms with Gasteiger partial charge in [-0.1, -0.05) is 0 Å². The van der Waals surface area contributed by atoms with Crippen molar-refractivity contribution in [2.45, 2.75) is 32.9 Å². The van der Waals surface area contributed by atoms with E-state index in [1.54, 1.807) is 27.0 Å². The molecule has 1 N–H and O–H groups in total. The zero-order valence-corrected chi connectivity index (χ0v) is 9.66. The zero-order valence-electron chi connectivity index (χ0n) is 9.66. The lowest BCUT2D eigenvalue weighted by atomic mass is 10.2. The molecule has 0 atom stereocenters. The van der Waals surface area contributed by atoms with Crippen molar-refractivity contribution in [3.05, 3.63) is 12.4 Å². The van der Waals surface area contributed by atoms with Gasteiger partial charge in [0.1, 0.15) is 12.3 Å². The Hall–Kier alpha value is -1.59. The molecule has 0 bridgehead atoms. The molecule has 5 nitrogen and oxygen atoms in total. The molecule has 6 heteroatoms. The van der Waals surface area contributed by atoms with E-state index in [0.29, 0.717) is 5.69 Å². The minimum atomic E-state index is -0.549. The number of rotatable bonds is 3. The number of hydrogen-bond donors (Lipinski definition) is 1. The first-order valence-electron chi connectivity index (χ1n) is 4.99. The van der Waals surface area contributed by atoms with Crippen molar-refractivity contribution in [2.75, 3.05) is 12.0 Å². The number of hydrogen-bond acceptors (Lipinski definition) is 3. The van der Waals surface area contributed by atoms with Gasteiger partial charge < -0.3 is 4.74 Å². The number of carbonyl (C=O) groups is 1. The number of nitrogens with one attached hydrogen (secondary N) is 1. The molecule has 0 unspecified atom stereocenters. The number of ether oxygens (including phenoxy) is 1. The van der Waals surface area contributed by atoms with Crippen LogP contribution in [0.1, 0.15) is 20.8 Å². The Morgan fingerprint density at radius 1 is 1.62 bits per heavy atom. The topological polar surface area (TPSA) is 56.1 Å². The van der Waals surface area contributed by atoms with Crippen molar-refractivity contribution in [3.8, 4) is 0 Å². The smallest absolute Gasteiger partial charge is 0.412 e. The predicted octanol–water partition coefficient (Wildman–Crippen LogP) is 2.20. The van der Waals surface area contributed by atoms with Gasteiger partial charge in [0, 0.05) is 6.20 Å². The Bertz CT molecular complexity index is 357. The molecule has 1 amide bonds. The maximum absolute atomic E-state index is 12.0. The predicted molar refractivity (Wildman–Crippen MR) is 58.1 cm³/mol. The maximum Gasteiger partial charge on any atom is 0.412 e. The fourth-order valence-electron chi connectivity index (χ4n) is 1.06. The van der Waals surface area contributed by atoms with E-state index in [0.717, 1.165) is 0 Å². The summed E-state index contributed by atoms with van der Waals surface area (Å²) in [5.74, 6) is 0. The number of anilines is 1. The van der Waals surface area contributed by atoms with Crippen molar-refractivity contribution in [3.63, 3.8) is 0 Å². The van der Waals surface area contributed by atoms with E-state index in [1.165, 1.54) is 10.9 Å². The van der Waals surface area contributed by atoms with Crippen molar-refractivity contribution >= 4 is 11.8 Å². The highest BCUT2D eigenvalue weighted by atomic mass is 19.1. The van der Waals surface area contributed by atoms with Crippen molar-refractivity contribution in [1.29, 1.82) is 0 Å². The molecule has 1 heterocycles. The van der Waals surface area contributed by atoms with Crippen LogP contribution in [0, 0.1) is 0 Å². The van der Waals surface area contributed by atoms with Crippen LogP contribution in [0.25, 0.3) is 0 Å². The van der Waals surface area contributed by atoms with E-state index < -0.39 is 18.4 Å². The largest absolute Gasteiger partial charge is 0.444 e. The first-order chi connectivity index (χ1) is 7.40. The summed E-state index contributed by atoms with van der Waals surface area (Å²) in [6, 6.07) is 0. The van der Waals surface area contributed by atoms with Gasteiger partial charge in [-0.25, -0.2) is 9.18 Å². The second-order valence-corrected chi connectivity index (χ2v) is 4.31. The molecule has 0 aromatic carbocycles. The number of carbonyl (C=O) groups excluding carboxylic acids is 1. The molecule has 0 aliphatic rings. The second kappa shape index (κ2) is 4.96. The number of amides is 1. The molecule has 0 radical (unpaired) electrons. The number of nitrogens with zero attached hydrogens (tertiary/aromatic N) is 2. The quantitative estimate of drug-likeness (QED) is 0.864. The molecule has 0 fully saturated rings. The minimum absolute atomic E-state index is 0.177. The van der Waals surface area contributed by atoms with Gasteiger partial charge in [-0.05, 0) is 20.8 Å². The molecule has 0 spiro atoms. The molecule has 0 saturated carbocycles. The van der Waals surface area contributed by atoms with Gasteiger partial charge in [0.15, 0.2) is 0 Å². The summed E-state index contributed by atoms with van der Waals surface area (Å²) in [4.78, 5) is 11.4. The Kier molecular flexibility index (Phi) is 3.87. The summed E-state index contributed by atoms with van der Waals surface area (Å²) in [6.07, 6.45) is 2.44. The molecule has 16 heavy (non-hydrogen) atoms. The molecule has 0 saturated heterocycles. The highest BCUT2D eigenvalue weighted by molar-refractivity contribution is 5.84. The average Bonchev–Trinajstić information content (AvgIpc) is 2.49. The van der Waals surface area contributed by atoms with Gasteiger partial charge >= 0.3 is 6.09 Å². The molecule has 1 rings (SSSR count). The molecule has 90 valence electrons. The second-order valence-electron chi connectivity index (χ2n) is 4.31. The first-order valence-corrected chi connectivity index (χ1v) is 4.99. The lowest BCUT2D eigenvalue weighted by Gasteiger charge is -2.19. The Balaban J connectivity index is 2.50. The van der Waals surface area contributed by atoms with Crippen LogP contribution in [0.4, 0.5) is 14.9 Å². The Morgan fingerprint density at radius 2 is 2.31 bits per heavy atom. The Morgan fingerprint density at radius 3 is 2.88 bits per heavy atom. The molecular formula is C10H16FN3O2. The fraction of sp³-hybridized carbons (Fsp3) is 0.600. The van der Waals surface area contributed by atoms with Crippen LogP contribution in [0.15, 0.2) is 12.4 Å².